The number of fused-ring (bicyclic) bond motifs is 1. The van der Waals surface area contributed by atoms with Gasteiger partial charge in [-0.25, -0.2) is 18.1 Å². The smallest absolute Gasteiger partial charge is 0.214 e. The van der Waals surface area contributed by atoms with E-state index in [0.717, 1.165) is 64.5 Å². The number of rotatable bonds is 7. The number of aliphatic imine (C=N–C) groups is 1. The number of hydrogen-bond donors (Lipinski definition) is 1. The lowest BCUT2D eigenvalue weighted by atomic mass is 9.90. The first-order valence-electron chi connectivity index (χ1n) is 12.7. The summed E-state index contributed by atoms with van der Waals surface area (Å²) in [6, 6.07) is 5.94. The molecule has 1 saturated heterocycles. The summed E-state index contributed by atoms with van der Waals surface area (Å²) < 4.78 is 30.7. The van der Waals surface area contributed by atoms with Gasteiger partial charge in [0.15, 0.2) is 10.8 Å². The van der Waals surface area contributed by atoms with Gasteiger partial charge in [0.1, 0.15) is 6.04 Å². The Morgan fingerprint density at radius 3 is 2.73 bits per heavy atom. The van der Waals surface area contributed by atoms with Gasteiger partial charge >= 0.3 is 0 Å². The number of nitrogens with zero attached hydrogens (tertiary/aromatic N) is 5. The second-order valence-electron chi connectivity index (χ2n) is 10.4. The van der Waals surface area contributed by atoms with E-state index in [1.807, 2.05) is 29.2 Å². The van der Waals surface area contributed by atoms with Crippen molar-refractivity contribution in [1.82, 2.24) is 24.4 Å². The molecule has 2 aliphatic heterocycles. The molecule has 11 heteroatoms. The van der Waals surface area contributed by atoms with Gasteiger partial charge in [-0.1, -0.05) is 23.7 Å². The molecule has 0 bridgehead atoms. The molecule has 4 heterocycles. The summed E-state index contributed by atoms with van der Waals surface area (Å²) in [4.78, 5) is 12.0. The number of sulfonamides is 1. The molecule has 0 unspecified atom stereocenters. The quantitative estimate of drug-likeness (QED) is 0.457. The molecule has 192 valence electrons. The molecular formula is C26H27ClN6O2S2. The summed E-state index contributed by atoms with van der Waals surface area (Å²) in [7, 11) is -3.33. The summed E-state index contributed by atoms with van der Waals surface area (Å²) in [6.45, 7) is 2.53. The highest BCUT2D eigenvalue weighted by atomic mass is 35.5. The van der Waals surface area contributed by atoms with Gasteiger partial charge in [-0.3, -0.25) is 9.67 Å². The number of halogens is 1. The predicted octanol–water partition coefficient (Wildman–Crippen LogP) is 4.71. The minimum Gasteiger partial charge on any atom is -0.326 e. The number of amidine groups is 1. The van der Waals surface area contributed by atoms with E-state index in [2.05, 4.69) is 38.0 Å². The van der Waals surface area contributed by atoms with Crippen LogP contribution in [0.2, 0.25) is 5.02 Å². The largest absolute Gasteiger partial charge is 0.326 e. The van der Waals surface area contributed by atoms with Gasteiger partial charge in [-0.05, 0) is 49.8 Å². The van der Waals surface area contributed by atoms with Crippen molar-refractivity contribution in [2.75, 3.05) is 6.54 Å². The minimum absolute atomic E-state index is 0.244. The molecule has 7 rings (SSSR count). The van der Waals surface area contributed by atoms with Crippen LogP contribution >= 0.6 is 22.9 Å². The Morgan fingerprint density at radius 1 is 1.19 bits per heavy atom. The van der Waals surface area contributed by atoms with E-state index >= 15 is 0 Å². The molecule has 2 aliphatic carbocycles. The van der Waals surface area contributed by atoms with Crippen molar-refractivity contribution >= 4 is 44.4 Å². The van der Waals surface area contributed by atoms with E-state index in [4.69, 9.17) is 16.6 Å². The molecule has 1 aromatic carbocycles. The van der Waals surface area contributed by atoms with E-state index in [1.165, 1.54) is 11.3 Å². The van der Waals surface area contributed by atoms with Crippen LogP contribution in [-0.2, 0) is 10.0 Å². The van der Waals surface area contributed by atoms with Gasteiger partial charge in [0.2, 0.25) is 10.0 Å². The third-order valence-corrected chi connectivity index (χ3v) is 10.6. The second-order valence-corrected chi connectivity index (χ2v) is 13.7. The molecule has 4 aliphatic rings. The van der Waals surface area contributed by atoms with Crippen LogP contribution in [0.3, 0.4) is 0 Å². The third-order valence-electron chi connectivity index (χ3n) is 7.46. The van der Waals surface area contributed by atoms with Crippen LogP contribution in [-0.4, -0.2) is 51.8 Å². The fraction of sp³-hybridized carbons (Fsp3) is 0.423. The highest BCUT2D eigenvalue weighted by molar-refractivity contribution is 7.90. The lowest BCUT2D eigenvalue weighted by Crippen LogP contribution is -2.40. The highest BCUT2D eigenvalue weighted by Crippen LogP contribution is 2.47. The monoisotopic (exact) mass is 554 g/mol. The molecule has 1 N–H and O–H groups in total. The predicted molar refractivity (Wildman–Crippen MR) is 145 cm³/mol. The van der Waals surface area contributed by atoms with Crippen LogP contribution in [0.25, 0.3) is 5.57 Å². The van der Waals surface area contributed by atoms with Crippen LogP contribution in [0.1, 0.15) is 65.9 Å². The van der Waals surface area contributed by atoms with Crippen LogP contribution in [0, 0.1) is 6.92 Å². The lowest BCUT2D eigenvalue weighted by molar-refractivity contribution is 0.517. The Bertz CT molecular complexity index is 1540. The zero-order valence-corrected chi connectivity index (χ0v) is 22.7. The molecule has 0 amide bonds. The molecule has 3 fully saturated rings. The SMILES string of the molecule is Cc1ccc([C@@H]2N=C(c3nccs3)N3C[C@@H](NS(=O)(=O)C4CC4)CC3=C2c2cnn(C3CC3)c2)c(Cl)c1. The van der Waals surface area contributed by atoms with E-state index in [1.54, 1.807) is 6.20 Å². The topological polar surface area (TPSA) is 92.5 Å². The Morgan fingerprint density at radius 2 is 2.03 bits per heavy atom. The first-order chi connectivity index (χ1) is 17.9. The maximum Gasteiger partial charge on any atom is 0.214 e. The van der Waals surface area contributed by atoms with E-state index < -0.39 is 10.0 Å². The van der Waals surface area contributed by atoms with Crippen molar-refractivity contribution in [3.63, 3.8) is 0 Å². The fourth-order valence-electron chi connectivity index (χ4n) is 5.33. The summed E-state index contributed by atoms with van der Waals surface area (Å²) >= 11 is 8.35. The van der Waals surface area contributed by atoms with Gasteiger partial charge < -0.3 is 4.90 Å². The van der Waals surface area contributed by atoms with Gasteiger partial charge in [-0.2, -0.15) is 5.10 Å². The number of benzene rings is 1. The summed E-state index contributed by atoms with van der Waals surface area (Å²) in [6.07, 6.45) is 10.1. The molecule has 2 atom stereocenters. The van der Waals surface area contributed by atoms with Gasteiger partial charge in [0, 0.05) is 58.6 Å². The first kappa shape index (κ1) is 23.6. The zero-order valence-electron chi connectivity index (χ0n) is 20.3. The minimum atomic E-state index is -3.33. The molecular weight excluding hydrogens is 528 g/mol. The zero-order chi connectivity index (χ0) is 25.3. The average Bonchev–Trinajstić information content (AvgIpc) is 3.75. The Labute approximate surface area is 225 Å². The van der Waals surface area contributed by atoms with Crippen molar-refractivity contribution < 1.29 is 8.42 Å². The van der Waals surface area contributed by atoms with Crippen LogP contribution in [0.5, 0.6) is 0 Å². The Balaban J connectivity index is 1.38. The van der Waals surface area contributed by atoms with E-state index in [9.17, 15) is 8.42 Å². The average molecular weight is 555 g/mol. The van der Waals surface area contributed by atoms with Crippen molar-refractivity contribution in [3.8, 4) is 0 Å². The van der Waals surface area contributed by atoms with Gasteiger partial charge in [0.25, 0.3) is 0 Å². The molecule has 2 saturated carbocycles. The lowest BCUT2D eigenvalue weighted by Gasteiger charge is -2.32. The highest BCUT2D eigenvalue weighted by Gasteiger charge is 2.44. The van der Waals surface area contributed by atoms with Gasteiger partial charge in [-0.15, -0.1) is 11.3 Å². The Hall–Kier alpha value is -2.53. The maximum atomic E-state index is 12.8. The molecule has 2 aromatic heterocycles. The first-order valence-corrected chi connectivity index (χ1v) is 15.5. The number of thiazole rings is 1. The summed E-state index contributed by atoms with van der Waals surface area (Å²) in [5.41, 5.74) is 5.10. The number of aromatic nitrogens is 3. The molecule has 0 radical (unpaired) electrons. The normalized spacial score (nSPS) is 23.9. The molecule has 8 nitrogen and oxygen atoms in total. The Kier molecular flexibility index (Phi) is 5.58. The second kappa shape index (κ2) is 8.76. The third kappa shape index (κ3) is 4.33. The molecule has 37 heavy (non-hydrogen) atoms. The fourth-order valence-corrected chi connectivity index (χ4v) is 7.88. The van der Waals surface area contributed by atoms with Crippen molar-refractivity contribution in [1.29, 1.82) is 0 Å². The maximum absolute atomic E-state index is 12.8. The van der Waals surface area contributed by atoms with E-state index in [-0.39, 0.29) is 17.3 Å². The molecule has 0 spiro atoms. The summed E-state index contributed by atoms with van der Waals surface area (Å²) in [5.74, 6) is 0.762. The molecule has 3 aromatic rings. The van der Waals surface area contributed by atoms with E-state index in [0.29, 0.717) is 24.0 Å². The van der Waals surface area contributed by atoms with Crippen LogP contribution in [0.4, 0.5) is 0 Å². The summed E-state index contributed by atoms with van der Waals surface area (Å²) in [5, 5.41) is 7.82. The van der Waals surface area contributed by atoms with Crippen LogP contribution < -0.4 is 4.72 Å². The number of hydrogen-bond acceptors (Lipinski definition) is 7. The number of aryl methyl sites for hydroxylation is 1. The number of nitrogens with one attached hydrogen (secondary N) is 1. The standard InChI is InChI=1S/C26H27ClN6O2S2/c1-15-2-7-20(21(27)10-15)24-23(16-12-29-33(13-16)18-3-4-18)22-11-17(31-37(34,35)19-5-6-19)14-32(22)25(30-24)26-28-8-9-36-26/h2,7-10,12-13,17-19,24,31H,3-6,11,14H2,1H3/t17-,24-/m0/s1. The van der Waals surface area contributed by atoms with Crippen molar-refractivity contribution in [3.05, 3.63) is 74.6 Å². The van der Waals surface area contributed by atoms with Crippen molar-refractivity contribution in [2.45, 2.75) is 62.4 Å². The van der Waals surface area contributed by atoms with Gasteiger partial charge in [0.05, 0.1) is 17.5 Å². The van der Waals surface area contributed by atoms with Crippen LogP contribution in [0.15, 0.2) is 52.9 Å². The van der Waals surface area contributed by atoms with Crippen molar-refractivity contribution in [2.24, 2.45) is 4.99 Å².